The molecule has 0 aliphatic rings. The predicted molar refractivity (Wildman–Crippen MR) is 73.8 cm³/mol. The zero-order valence-corrected chi connectivity index (χ0v) is 11.0. The second-order valence-electron chi connectivity index (χ2n) is 4.61. The average molecular weight is 242 g/mol. The molecule has 0 bridgehead atoms. The van der Waals surface area contributed by atoms with Crippen LogP contribution in [-0.2, 0) is 0 Å². The van der Waals surface area contributed by atoms with Crippen molar-refractivity contribution in [2.75, 3.05) is 19.0 Å². The highest BCUT2D eigenvalue weighted by Crippen LogP contribution is 2.25. The monoisotopic (exact) mass is 242 g/mol. The van der Waals surface area contributed by atoms with Crippen molar-refractivity contribution in [2.24, 2.45) is 0 Å². The molecular weight excluding hydrogens is 224 g/mol. The summed E-state index contributed by atoms with van der Waals surface area (Å²) in [6.07, 6.45) is 1.14. The molecule has 0 aliphatic heterocycles. The van der Waals surface area contributed by atoms with Gasteiger partial charge >= 0.3 is 0 Å². The Balaban J connectivity index is 2.34. The van der Waals surface area contributed by atoms with Gasteiger partial charge in [-0.2, -0.15) is 0 Å². The first-order chi connectivity index (χ1) is 8.59. The number of hydrogen-bond acceptors (Lipinski definition) is 3. The van der Waals surface area contributed by atoms with E-state index in [-0.39, 0.29) is 0 Å². The second-order valence-corrected chi connectivity index (χ2v) is 4.61. The van der Waals surface area contributed by atoms with Gasteiger partial charge in [-0.1, -0.05) is 30.3 Å². The molecule has 2 rings (SSSR count). The summed E-state index contributed by atoms with van der Waals surface area (Å²) < 4.78 is 0. The average Bonchev–Trinajstić information content (AvgIpc) is 2.38. The Labute approximate surface area is 108 Å². The van der Waals surface area contributed by atoms with Crippen LogP contribution in [0.25, 0.3) is 0 Å². The summed E-state index contributed by atoms with van der Waals surface area (Å²) in [5.74, 6) is 0.900. The van der Waals surface area contributed by atoms with E-state index in [9.17, 15) is 5.11 Å². The normalized spacial score (nSPS) is 12.2. The molecule has 3 heteroatoms. The van der Waals surface area contributed by atoms with Gasteiger partial charge in [0.1, 0.15) is 11.9 Å². The highest BCUT2D eigenvalue weighted by atomic mass is 16.3. The van der Waals surface area contributed by atoms with E-state index in [1.54, 1.807) is 6.20 Å². The van der Waals surface area contributed by atoms with Gasteiger partial charge < -0.3 is 10.0 Å². The van der Waals surface area contributed by atoms with Crippen molar-refractivity contribution < 1.29 is 5.11 Å². The molecule has 0 aliphatic carbocycles. The summed E-state index contributed by atoms with van der Waals surface area (Å²) in [7, 11) is 3.91. The van der Waals surface area contributed by atoms with Crippen molar-refractivity contribution in [2.45, 2.75) is 13.0 Å². The fraction of sp³-hybridized carbons (Fsp3) is 0.267. The van der Waals surface area contributed by atoms with Crippen LogP contribution in [0.5, 0.6) is 0 Å². The second kappa shape index (κ2) is 5.19. The van der Waals surface area contributed by atoms with Crippen molar-refractivity contribution in [1.29, 1.82) is 0 Å². The zero-order valence-electron chi connectivity index (χ0n) is 11.0. The van der Waals surface area contributed by atoms with Gasteiger partial charge in [-0.3, -0.25) is 0 Å². The standard InChI is InChI=1S/C15H18N2O/c1-11-9-14(17(2)3)16-10-13(11)15(18)12-7-5-4-6-8-12/h4-10,15,18H,1-3H3/t15-/m1/s1. The third-order valence-electron chi connectivity index (χ3n) is 3.00. The minimum absolute atomic E-state index is 0.616. The van der Waals surface area contributed by atoms with Crippen LogP contribution in [0.1, 0.15) is 22.8 Å². The Bertz CT molecular complexity index is 523. The largest absolute Gasteiger partial charge is 0.384 e. The SMILES string of the molecule is Cc1cc(N(C)C)ncc1[C@H](O)c1ccccc1. The van der Waals surface area contributed by atoms with Crippen LogP contribution in [0.15, 0.2) is 42.6 Å². The van der Waals surface area contributed by atoms with E-state index < -0.39 is 6.10 Å². The van der Waals surface area contributed by atoms with Crippen molar-refractivity contribution >= 4 is 5.82 Å². The summed E-state index contributed by atoms with van der Waals surface area (Å²) >= 11 is 0. The molecule has 0 spiro atoms. The van der Waals surface area contributed by atoms with Crippen LogP contribution in [0, 0.1) is 6.92 Å². The molecule has 0 unspecified atom stereocenters. The van der Waals surface area contributed by atoms with Crippen molar-refractivity contribution in [3.8, 4) is 0 Å². The Hall–Kier alpha value is -1.87. The minimum Gasteiger partial charge on any atom is -0.384 e. The highest BCUT2D eigenvalue weighted by molar-refractivity contribution is 5.44. The van der Waals surface area contributed by atoms with Crippen LogP contribution in [0.3, 0.4) is 0 Å². The van der Waals surface area contributed by atoms with E-state index in [1.165, 1.54) is 0 Å². The van der Waals surface area contributed by atoms with E-state index in [4.69, 9.17) is 0 Å². The van der Waals surface area contributed by atoms with E-state index >= 15 is 0 Å². The molecule has 1 heterocycles. The first kappa shape index (κ1) is 12.6. The van der Waals surface area contributed by atoms with Gasteiger partial charge in [0, 0.05) is 25.9 Å². The van der Waals surface area contributed by atoms with Crippen LogP contribution in [0.2, 0.25) is 0 Å². The Morgan fingerprint density at radius 2 is 1.83 bits per heavy atom. The number of anilines is 1. The van der Waals surface area contributed by atoms with E-state index in [0.717, 1.165) is 22.5 Å². The molecule has 0 radical (unpaired) electrons. The number of aryl methyl sites for hydroxylation is 1. The summed E-state index contributed by atoms with van der Waals surface area (Å²) in [6, 6.07) is 11.6. The zero-order chi connectivity index (χ0) is 13.1. The number of nitrogens with zero attached hydrogens (tertiary/aromatic N) is 2. The summed E-state index contributed by atoms with van der Waals surface area (Å²) in [6.45, 7) is 2.00. The number of aromatic nitrogens is 1. The molecule has 1 aromatic heterocycles. The lowest BCUT2D eigenvalue weighted by atomic mass is 9.99. The van der Waals surface area contributed by atoms with Crippen LogP contribution >= 0.6 is 0 Å². The molecule has 1 N–H and O–H groups in total. The first-order valence-corrected chi connectivity index (χ1v) is 5.96. The van der Waals surface area contributed by atoms with Gasteiger partial charge in [0.25, 0.3) is 0 Å². The number of hydrogen-bond donors (Lipinski definition) is 1. The van der Waals surface area contributed by atoms with Gasteiger partial charge in [-0.15, -0.1) is 0 Å². The molecule has 2 aromatic rings. The van der Waals surface area contributed by atoms with Crippen molar-refractivity contribution in [3.05, 3.63) is 59.3 Å². The van der Waals surface area contributed by atoms with Crippen LogP contribution < -0.4 is 4.90 Å². The summed E-state index contributed by atoms with van der Waals surface area (Å²) in [5.41, 5.74) is 2.79. The van der Waals surface area contributed by atoms with Gasteiger partial charge in [0.2, 0.25) is 0 Å². The number of benzene rings is 1. The van der Waals surface area contributed by atoms with Gasteiger partial charge in [-0.05, 0) is 24.1 Å². The summed E-state index contributed by atoms with van der Waals surface area (Å²) in [4.78, 5) is 6.30. The molecular formula is C15H18N2O. The fourth-order valence-corrected chi connectivity index (χ4v) is 1.90. The molecule has 3 nitrogen and oxygen atoms in total. The van der Waals surface area contributed by atoms with E-state index in [0.29, 0.717) is 0 Å². The maximum atomic E-state index is 10.3. The highest BCUT2D eigenvalue weighted by Gasteiger charge is 2.13. The molecule has 1 aromatic carbocycles. The fourth-order valence-electron chi connectivity index (χ4n) is 1.90. The van der Waals surface area contributed by atoms with Crippen molar-refractivity contribution in [3.63, 3.8) is 0 Å². The quantitative estimate of drug-likeness (QED) is 0.898. The molecule has 0 amide bonds. The molecule has 1 atom stereocenters. The number of pyridine rings is 1. The van der Waals surface area contributed by atoms with E-state index in [2.05, 4.69) is 4.98 Å². The topological polar surface area (TPSA) is 36.4 Å². The van der Waals surface area contributed by atoms with Crippen LogP contribution in [0.4, 0.5) is 5.82 Å². The van der Waals surface area contributed by atoms with E-state index in [1.807, 2.05) is 62.3 Å². The molecule has 0 saturated heterocycles. The number of aliphatic hydroxyl groups is 1. The lowest BCUT2D eigenvalue weighted by Crippen LogP contribution is -2.12. The van der Waals surface area contributed by atoms with Gasteiger partial charge in [0.05, 0.1) is 0 Å². The first-order valence-electron chi connectivity index (χ1n) is 5.96. The van der Waals surface area contributed by atoms with Crippen LogP contribution in [-0.4, -0.2) is 24.2 Å². The maximum Gasteiger partial charge on any atom is 0.128 e. The minimum atomic E-state index is -0.616. The summed E-state index contributed by atoms with van der Waals surface area (Å²) in [5, 5.41) is 10.3. The van der Waals surface area contributed by atoms with Gasteiger partial charge in [-0.25, -0.2) is 4.98 Å². The lowest BCUT2D eigenvalue weighted by molar-refractivity contribution is 0.219. The Kier molecular flexibility index (Phi) is 3.63. The Morgan fingerprint density at radius 1 is 1.17 bits per heavy atom. The maximum absolute atomic E-state index is 10.3. The molecule has 18 heavy (non-hydrogen) atoms. The number of aliphatic hydroxyl groups excluding tert-OH is 1. The molecule has 0 fully saturated rings. The molecule has 94 valence electrons. The Morgan fingerprint density at radius 3 is 2.39 bits per heavy atom. The van der Waals surface area contributed by atoms with Crippen molar-refractivity contribution in [1.82, 2.24) is 4.98 Å². The van der Waals surface area contributed by atoms with Gasteiger partial charge in [0.15, 0.2) is 0 Å². The molecule has 0 saturated carbocycles. The lowest BCUT2D eigenvalue weighted by Gasteiger charge is -2.17. The third kappa shape index (κ3) is 2.51. The predicted octanol–water partition coefficient (Wildman–Crippen LogP) is 2.54. The number of rotatable bonds is 3. The smallest absolute Gasteiger partial charge is 0.128 e. The third-order valence-corrected chi connectivity index (χ3v) is 3.00.